The Morgan fingerprint density at radius 1 is 0.971 bits per heavy atom. The number of hydrogen-bond acceptors (Lipinski definition) is 2. The molecule has 0 spiro atoms. The first-order valence-electron chi connectivity index (χ1n) is 12.7. The zero-order valence-corrected chi connectivity index (χ0v) is 20.0. The molecule has 4 heteroatoms. The highest BCUT2D eigenvalue weighted by Gasteiger charge is 2.32. The van der Waals surface area contributed by atoms with Crippen molar-refractivity contribution in [2.75, 3.05) is 5.32 Å². The smallest absolute Gasteiger partial charge is 0.251 e. The Balaban J connectivity index is 1.33. The Morgan fingerprint density at radius 2 is 1.74 bits per heavy atom. The third kappa shape index (κ3) is 5.49. The number of aromatic nitrogens is 1. The quantitative estimate of drug-likeness (QED) is 0.449. The molecule has 2 saturated carbocycles. The van der Waals surface area contributed by atoms with Crippen molar-refractivity contribution in [3.05, 3.63) is 99.5 Å². The molecule has 1 atom stereocenters. The highest BCUT2D eigenvalue weighted by atomic mass is 16.2. The fourth-order valence-corrected chi connectivity index (χ4v) is 5.34. The number of benzene rings is 2. The zero-order chi connectivity index (χ0) is 23.5. The van der Waals surface area contributed by atoms with Gasteiger partial charge < -0.3 is 9.88 Å². The average molecular weight is 455 g/mol. The molecule has 0 aliphatic heterocycles. The molecular formula is C30H34N2O2. The number of carbonyl (C=O) groups excluding carboxylic acids is 1. The van der Waals surface area contributed by atoms with Gasteiger partial charge in [-0.25, -0.2) is 0 Å². The van der Waals surface area contributed by atoms with Crippen molar-refractivity contribution in [3.63, 3.8) is 0 Å². The van der Waals surface area contributed by atoms with Crippen LogP contribution in [0.1, 0.15) is 66.7 Å². The minimum atomic E-state index is -0.147. The van der Waals surface area contributed by atoms with E-state index in [2.05, 4.69) is 47.8 Å². The number of pyridine rings is 1. The number of hydrogen-bond donors (Lipinski definition) is 1. The molecule has 34 heavy (non-hydrogen) atoms. The molecule has 0 bridgehead atoms. The molecule has 0 radical (unpaired) electrons. The van der Waals surface area contributed by atoms with Gasteiger partial charge in [0.15, 0.2) is 0 Å². The van der Waals surface area contributed by atoms with Gasteiger partial charge in [-0.3, -0.25) is 9.59 Å². The van der Waals surface area contributed by atoms with E-state index in [0.29, 0.717) is 12.5 Å². The van der Waals surface area contributed by atoms with Gasteiger partial charge >= 0.3 is 0 Å². The summed E-state index contributed by atoms with van der Waals surface area (Å²) in [6, 6.07) is 20.3. The standard InChI is InChI=1S/C30H34N2O2/c1-21-15-16-32(28(33)17-21)20-23-11-13-26(14-12-23)29(25-6-2-3-7-25)30(34)31-27-8-4-5-24(19-27)18-22-9-10-22/h4-5,8,11-17,19,22,25,29H,2-3,6-7,9-10,18,20H2,1H3,(H,31,34). The summed E-state index contributed by atoms with van der Waals surface area (Å²) in [5.74, 6) is 1.15. The number of rotatable bonds is 8. The molecule has 2 fully saturated rings. The maximum atomic E-state index is 13.5. The second-order valence-electron chi connectivity index (χ2n) is 10.3. The topological polar surface area (TPSA) is 51.1 Å². The first kappa shape index (κ1) is 22.6. The third-order valence-corrected chi connectivity index (χ3v) is 7.41. The van der Waals surface area contributed by atoms with E-state index < -0.39 is 0 Å². The number of anilines is 1. The lowest BCUT2D eigenvalue weighted by Gasteiger charge is -2.24. The van der Waals surface area contributed by atoms with Crippen LogP contribution in [0.25, 0.3) is 0 Å². The number of nitrogens with one attached hydrogen (secondary N) is 1. The Bertz CT molecular complexity index is 1200. The van der Waals surface area contributed by atoms with Crippen LogP contribution in [0.15, 0.2) is 71.7 Å². The Hall–Kier alpha value is -3.14. The highest BCUT2D eigenvalue weighted by Crippen LogP contribution is 2.38. The highest BCUT2D eigenvalue weighted by molar-refractivity contribution is 5.96. The monoisotopic (exact) mass is 454 g/mol. The average Bonchev–Trinajstić information content (AvgIpc) is 3.47. The van der Waals surface area contributed by atoms with Crippen molar-refractivity contribution in [1.82, 2.24) is 4.57 Å². The molecule has 2 aliphatic carbocycles. The number of aryl methyl sites for hydroxylation is 1. The van der Waals surface area contributed by atoms with Crippen molar-refractivity contribution in [1.29, 1.82) is 0 Å². The van der Waals surface area contributed by atoms with Gasteiger partial charge in [0.1, 0.15) is 0 Å². The lowest BCUT2D eigenvalue weighted by Crippen LogP contribution is -2.26. The zero-order valence-electron chi connectivity index (χ0n) is 20.0. The summed E-state index contributed by atoms with van der Waals surface area (Å²) in [6.07, 6.45) is 10.2. The minimum Gasteiger partial charge on any atom is -0.326 e. The van der Waals surface area contributed by atoms with Gasteiger partial charge in [-0.2, -0.15) is 0 Å². The molecule has 2 aromatic carbocycles. The minimum absolute atomic E-state index is 0.0104. The number of nitrogens with zero attached hydrogens (tertiary/aromatic N) is 1. The first-order chi connectivity index (χ1) is 16.5. The summed E-state index contributed by atoms with van der Waals surface area (Å²) in [4.78, 5) is 25.8. The number of carbonyl (C=O) groups is 1. The van der Waals surface area contributed by atoms with Crippen molar-refractivity contribution < 1.29 is 4.79 Å². The number of amides is 1. The Kier molecular flexibility index (Phi) is 6.66. The summed E-state index contributed by atoms with van der Waals surface area (Å²) in [5.41, 5.74) is 5.33. The van der Waals surface area contributed by atoms with Crippen molar-refractivity contribution in [2.45, 2.75) is 64.3 Å². The van der Waals surface area contributed by atoms with Gasteiger partial charge in [0.25, 0.3) is 5.56 Å². The molecule has 4 nitrogen and oxygen atoms in total. The van der Waals surface area contributed by atoms with Crippen molar-refractivity contribution in [2.24, 2.45) is 11.8 Å². The molecule has 1 amide bonds. The third-order valence-electron chi connectivity index (χ3n) is 7.41. The van der Waals surface area contributed by atoms with E-state index in [1.54, 1.807) is 10.6 Å². The Labute approximate surface area is 202 Å². The molecule has 5 rings (SSSR count). The summed E-state index contributed by atoms with van der Waals surface area (Å²) in [7, 11) is 0. The van der Waals surface area contributed by atoms with Crippen LogP contribution in [-0.4, -0.2) is 10.5 Å². The van der Waals surface area contributed by atoms with Gasteiger partial charge in [0.05, 0.1) is 12.5 Å². The predicted octanol–water partition coefficient (Wildman–Crippen LogP) is 6.07. The van der Waals surface area contributed by atoms with Gasteiger partial charge in [-0.1, -0.05) is 49.2 Å². The van der Waals surface area contributed by atoms with E-state index in [1.807, 2.05) is 25.3 Å². The van der Waals surface area contributed by atoms with Crippen molar-refractivity contribution >= 4 is 11.6 Å². The van der Waals surface area contributed by atoms with Crippen LogP contribution < -0.4 is 10.9 Å². The van der Waals surface area contributed by atoms with Crippen LogP contribution in [0.4, 0.5) is 5.69 Å². The largest absolute Gasteiger partial charge is 0.326 e. The van der Waals surface area contributed by atoms with Crippen LogP contribution in [0, 0.1) is 18.8 Å². The van der Waals surface area contributed by atoms with Gasteiger partial charge in [0, 0.05) is 18.0 Å². The first-order valence-corrected chi connectivity index (χ1v) is 12.7. The molecule has 1 unspecified atom stereocenters. The van der Waals surface area contributed by atoms with Crippen LogP contribution in [0.2, 0.25) is 0 Å². The second-order valence-corrected chi connectivity index (χ2v) is 10.3. The van der Waals surface area contributed by atoms with Crippen molar-refractivity contribution in [3.8, 4) is 0 Å². The van der Waals surface area contributed by atoms with Crippen LogP contribution in [-0.2, 0) is 17.8 Å². The Morgan fingerprint density at radius 3 is 2.44 bits per heavy atom. The summed E-state index contributed by atoms with van der Waals surface area (Å²) >= 11 is 0. The second kappa shape index (κ2) is 10.0. The van der Waals surface area contributed by atoms with E-state index in [1.165, 1.54) is 31.2 Å². The van der Waals surface area contributed by atoms with E-state index in [-0.39, 0.29) is 17.4 Å². The summed E-state index contributed by atoms with van der Waals surface area (Å²) < 4.78 is 1.72. The van der Waals surface area contributed by atoms with Crippen LogP contribution in [0.5, 0.6) is 0 Å². The molecule has 1 N–H and O–H groups in total. The molecule has 3 aromatic rings. The maximum absolute atomic E-state index is 13.5. The van der Waals surface area contributed by atoms with Gasteiger partial charge in [-0.15, -0.1) is 0 Å². The predicted molar refractivity (Wildman–Crippen MR) is 137 cm³/mol. The van der Waals surface area contributed by atoms with E-state index >= 15 is 0 Å². The van der Waals surface area contributed by atoms with Crippen LogP contribution in [0.3, 0.4) is 0 Å². The lowest BCUT2D eigenvalue weighted by molar-refractivity contribution is -0.118. The SMILES string of the molecule is Cc1ccn(Cc2ccc(C(C(=O)Nc3cccc(CC4CC4)c3)C3CCCC3)cc2)c(=O)c1. The van der Waals surface area contributed by atoms with E-state index in [9.17, 15) is 9.59 Å². The summed E-state index contributed by atoms with van der Waals surface area (Å²) in [5, 5.41) is 3.23. The molecule has 1 heterocycles. The fourth-order valence-electron chi connectivity index (χ4n) is 5.34. The van der Waals surface area contributed by atoms with Gasteiger partial charge in [-0.05, 0) is 91.3 Å². The molecule has 2 aliphatic rings. The van der Waals surface area contributed by atoms with E-state index in [4.69, 9.17) is 0 Å². The molecule has 1 aromatic heterocycles. The lowest BCUT2D eigenvalue weighted by atomic mass is 9.83. The maximum Gasteiger partial charge on any atom is 0.251 e. The summed E-state index contributed by atoms with van der Waals surface area (Å²) in [6.45, 7) is 2.46. The molecule has 0 saturated heterocycles. The normalized spacial score (nSPS) is 17.0. The van der Waals surface area contributed by atoms with Crippen LogP contribution >= 0.6 is 0 Å². The molecule has 176 valence electrons. The fraction of sp³-hybridized carbons (Fsp3) is 0.400. The molecular weight excluding hydrogens is 420 g/mol. The van der Waals surface area contributed by atoms with E-state index in [0.717, 1.165) is 47.6 Å². The van der Waals surface area contributed by atoms with Gasteiger partial charge in [0.2, 0.25) is 5.91 Å².